The number of piperidine rings is 1. The quantitative estimate of drug-likeness (QED) is 0.759. The van der Waals surface area contributed by atoms with Crippen LogP contribution in [0.4, 0.5) is 4.39 Å². The highest BCUT2D eigenvalue weighted by Crippen LogP contribution is 2.39. The van der Waals surface area contributed by atoms with E-state index in [4.69, 9.17) is 14.7 Å². The third-order valence-electron chi connectivity index (χ3n) is 6.11. The van der Waals surface area contributed by atoms with Crippen LogP contribution in [0.2, 0.25) is 0 Å². The summed E-state index contributed by atoms with van der Waals surface area (Å²) in [6, 6.07) is 6.99. The second kappa shape index (κ2) is 9.10. The molecule has 0 radical (unpaired) electrons. The van der Waals surface area contributed by atoms with E-state index in [9.17, 15) is 4.39 Å². The third-order valence-corrected chi connectivity index (χ3v) is 7.18. The molecule has 1 aromatic rings. The van der Waals surface area contributed by atoms with Gasteiger partial charge < -0.3 is 14.8 Å². The molecule has 1 spiro atoms. The number of benzene rings is 1. The SMILES string of the molecule is N#Cc1cc(F)cc(SN2CCC3(CC2)CC(NCC2CCOCC2)CO3)c1. The molecule has 28 heavy (non-hydrogen) atoms. The maximum absolute atomic E-state index is 13.6. The van der Waals surface area contributed by atoms with E-state index < -0.39 is 0 Å². The van der Waals surface area contributed by atoms with Gasteiger partial charge in [0.05, 0.1) is 23.8 Å². The van der Waals surface area contributed by atoms with Crippen molar-refractivity contribution in [2.24, 2.45) is 5.92 Å². The lowest BCUT2D eigenvalue weighted by atomic mass is 9.88. The first-order valence-corrected chi connectivity index (χ1v) is 11.0. The zero-order valence-corrected chi connectivity index (χ0v) is 17.0. The second-order valence-electron chi connectivity index (χ2n) is 8.17. The van der Waals surface area contributed by atoms with Crippen molar-refractivity contribution in [1.29, 1.82) is 5.26 Å². The van der Waals surface area contributed by atoms with Crippen molar-refractivity contribution < 1.29 is 13.9 Å². The molecule has 7 heteroatoms. The van der Waals surface area contributed by atoms with Crippen molar-refractivity contribution in [3.05, 3.63) is 29.6 Å². The van der Waals surface area contributed by atoms with Gasteiger partial charge in [0, 0.05) is 37.2 Å². The molecule has 5 nitrogen and oxygen atoms in total. The lowest BCUT2D eigenvalue weighted by molar-refractivity contribution is -0.0300. The standard InChI is InChI=1S/C21H28FN3O2S/c22-18-9-17(13-23)10-20(11-18)28-25-5-3-21(4-6-25)12-19(15-27-21)24-14-16-1-7-26-8-2-16/h9-11,16,19,24H,1-8,12,14-15H2. The van der Waals surface area contributed by atoms with Crippen molar-refractivity contribution in [3.63, 3.8) is 0 Å². The van der Waals surface area contributed by atoms with Crippen molar-refractivity contribution in [2.45, 2.75) is 48.6 Å². The van der Waals surface area contributed by atoms with Crippen LogP contribution >= 0.6 is 11.9 Å². The molecule has 152 valence electrons. The zero-order valence-electron chi connectivity index (χ0n) is 16.2. The molecule has 3 aliphatic rings. The minimum absolute atomic E-state index is 0.00977. The van der Waals surface area contributed by atoms with Gasteiger partial charge in [0.1, 0.15) is 5.82 Å². The van der Waals surface area contributed by atoms with E-state index >= 15 is 0 Å². The van der Waals surface area contributed by atoms with E-state index in [1.165, 1.54) is 24.1 Å². The normalized spacial score (nSPS) is 25.8. The van der Waals surface area contributed by atoms with E-state index in [0.29, 0.717) is 11.6 Å². The lowest BCUT2D eigenvalue weighted by Gasteiger charge is -2.38. The summed E-state index contributed by atoms with van der Waals surface area (Å²) in [5.41, 5.74) is 0.359. The molecular weight excluding hydrogens is 377 g/mol. The molecule has 3 aliphatic heterocycles. The van der Waals surface area contributed by atoms with Crippen LogP contribution in [0.15, 0.2) is 23.1 Å². The Balaban J connectivity index is 1.24. The molecule has 1 N–H and O–H groups in total. The van der Waals surface area contributed by atoms with Gasteiger partial charge in [-0.05, 0) is 74.7 Å². The molecule has 0 saturated carbocycles. The Morgan fingerprint density at radius 3 is 2.79 bits per heavy atom. The summed E-state index contributed by atoms with van der Waals surface area (Å²) in [4.78, 5) is 0.788. The van der Waals surface area contributed by atoms with E-state index in [1.54, 1.807) is 6.07 Å². The van der Waals surface area contributed by atoms with E-state index in [0.717, 1.165) is 82.4 Å². The van der Waals surface area contributed by atoms with Crippen LogP contribution in [-0.2, 0) is 9.47 Å². The second-order valence-corrected chi connectivity index (χ2v) is 9.34. The van der Waals surface area contributed by atoms with Gasteiger partial charge in [-0.2, -0.15) is 5.26 Å². The Hall–Kier alpha value is -1.17. The Bertz CT molecular complexity index is 712. The minimum atomic E-state index is -0.354. The van der Waals surface area contributed by atoms with E-state index in [-0.39, 0.29) is 11.4 Å². The highest BCUT2D eigenvalue weighted by Gasteiger charge is 2.42. The van der Waals surface area contributed by atoms with Crippen LogP contribution in [0, 0.1) is 23.1 Å². The van der Waals surface area contributed by atoms with Crippen molar-refractivity contribution in [2.75, 3.05) is 39.5 Å². The molecule has 3 saturated heterocycles. The molecule has 3 fully saturated rings. The Labute approximate surface area is 170 Å². The largest absolute Gasteiger partial charge is 0.381 e. The van der Waals surface area contributed by atoms with Crippen LogP contribution in [0.25, 0.3) is 0 Å². The monoisotopic (exact) mass is 405 g/mol. The number of nitriles is 1. The molecule has 1 aromatic carbocycles. The van der Waals surface area contributed by atoms with Gasteiger partial charge in [0.25, 0.3) is 0 Å². The van der Waals surface area contributed by atoms with Crippen molar-refractivity contribution in [3.8, 4) is 6.07 Å². The van der Waals surface area contributed by atoms with E-state index in [2.05, 4.69) is 9.62 Å². The fourth-order valence-corrected chi connectivity index (χ4v) is 5.43. The minimum Gasteiger partial charge on any atom is -0.381 e. The molecule has 0 aliphatic carbocycles. The summed E-state index contributed by atoms with van der Waals surface area (Å²) in [6.45, 7) is 5.48. The van der Waals surface area contributed by atoms with Crippen LogP contribution in [-0.4, -0.2) is 55.4 Å². The molecule has 1 atom stereocenters. The molecule has 0 aromatic heterocycles. The van der Waals surface area contributed by atoms with Crippen LogP contribution in [0.1, 0.15) is 37.7 Å². The Morgan fingerprint density at radius 2 is 2.04 bits per heavy atom. The first-order chi connectivity index (χ1) is 13.6. The Morgan fingerprint density at radius 1 is 1.25 bits per heavy atom. The summed E-state index contributed by atoms with van der Waals surface area (Å²) in [6.07, 6.45) is 5.38. The highest BCUT2D eigenvalue weighted by atomic mass is 32.2. The average molecular weight is 406 g/mol. The van der Waals surface area contributed by atoms with Gasteiger partial charge in [-0.3, -0.25) is 0 Å². The topological polar surface area (TPSA) is 57.5 Å². The van der Waals surface area contributed by atoms with Crippen LogP contribution in [0.5, 0.6) is 0 Å². The summed E-state index contributed by atoms with van der Waals surface area (Å²) < 4.78 is 27.6. The van der Waals surface area contributed by atoms with Crippen LogP contribution in [0.3, 0.4) is 0 Å². The summed E-state index contributed by atoms with van der Waals surface area (Å²) in [5.74, 6) is 0.376. The van der Waals surface area contributed by atoms with Gasteiger partial charge >= 0.3 is 0 Å². The molecule has 0 amide bonds. The predicted molar refractivity (Wildman–Crippen MR) is 106 cm³/mol. The zero-order chi connectivity index (χ0) is 19.4. The third kappa shape index (κ3) is 5.05. The fourth-order valence-electron chi connectivity index (χ4n) is 4.42. The number of nitrogens with one attached hydrogen (secondary N) is 1. The molecule has 4 rings (SSSR count). The Kier molecular flexibility index (Phi) is 6.54. The van der Waals surface area contributed by atoms with Gasteiger partial charge in [0.2, 0.25) is 0 Å². The number of hydrogen-bond donors (Lipinski definition) is 1. The lowest BCUT2D eigenvalue weighted by Crippen LogP contribution is -2.42. The first-order valence-electron chi connectivity index (χ1n) is 10.2. The summed E-state index contributed by atoms with van der Waals surface area (Å²) >= 11 is 1.54. The van der Waals surface area contributed by atoms with Gasteiger partial charge in [0.15, 0.2) is 0 Å². The van der Waals surface area contributed by atoms with Crippen LogP contribution < -0.4 is 5.32 Å². The fraction of sp³-hybridized carbons (Fsp3) is 0.667. The molecule has 3 heterocycles. The number of hydrogen-bond acceptors (Lipinski definition) is 6. The van der Waals surface area contributed by atoms with Gasteiger partial charge in [-0.1, -0.05) is 0 Å². The summed E-state index contributed by atoms with van der Waals surface area (Å²) in [5, 5.41) is 12.7. The van der Waals surface area contributed by atoms with Crippen molar-refractivity contribution >= 4 is 11.9 Å². The maximum atomic E-state index is 13.6. The molecular formula is C21H28FN3O2S. The number of nitrogens with zero attached hydrogens (tertiary/aromatic N) is 2. The highest BCUT2D eigenvalue weighted by molar-refractivity contribution is 7.97. The molecule has 1 unspecified atom stereocenters. The summed E-state index contributed by atoms with van der Waals surface area (Å²) in [7, 11) is 0. The number of rotatable bonds is 5. The van der Waals surface area contributed by atoms with Gasteiger partial charge in [-0.15, -0.1) is 0 Å². The number of halogens is 1. The van der Waals surface area contributed by atoms with E-state index in [1.807, 2.05) is 6.07 Å². The maximum Gasteiger partial charge on any atom is 0.125 e. The molecule has 0 bridgehead atoms. The first kappa shape index (κ1) is 20.1. The van der Waals surface area contributed by atoms with Gasteiger partial charge in [-0.25, -0.2) is 8.70 Å². The smallest absolute Gasteiger partial charge is 0.125 e. The van der Waals surface area contributed by atoms with Crippen molar-refractivity contribution in [1.82, 2.24) is 9.62 Å². The average Bonchev–Trinajstić information content (AvgIpc) is 3.11. The number of ether oxygens (including phenoxy) is 2. The predicted octanol–water partition coefficient (Wildman–Crippen LogP) is 3.34.